The number of urea groups is 1. The Bertz CT molecular complexity index is 389. The molecule has 0 spiro atoms. The van der Waals surface area contributed by atoms with Crippen LogP contribution in [0.4, 0.5) is 4.79 Å². The molecule has 1 unspecified atom stereocenters. The van der Waals surface area contributed by atoms with Crippen molar-refractivity contribution in [3.05, 3.63) is 12.2 Å². The van der Waals surface area contributed by atoms with Crippen molar-refractivity contribution in [3.8, 4) is 0 Å². The molecule has 1 atom stereocenters. The Balaban J connectivity index is 2.39. The van der Waals surface area contributed by atoms with Gasteiger partial charge in [0.15, 0.2) is 0 Å². The molecule has 0 aliphatic carbocycles. The van der Waals surface area contributed by atoms with Gasteiger partial charge in [-0.3, -0.25) is 9.89 Å². The van der Waals surface area contributed by atoms with Crippen LogP contribution in [0.3, 0.4) is 0 Å². The first-order valence-electron chi connectivity index (χ1n) is 5.68. The van der Waals surface area contributed by atoms with Gasteiger partial charge in [-0.15, -0.1) is 0 Å². The number of H-pyrrole nitrogens is 1. The Hall–Kier alpha value is -2.12. The van der Waals surface area contributed by atoms with Gasteiger partial charge in [-0.25, -0.2) is 9.78 Å². The molecule has 0 aromatic carbocycles. The maximum absolute atomic E-state index is 11.8. The van der Waals surface area contributed by atoms with Gasteiger partial charge < -0.3 is 16.4 Å². The molecule has 8 nitrogen and oxygen atoms in total. The predicted octanol–water partition coefficient (Wildman–Crippen LogP) is -0.844. The van der Waals surface area contributed by atoms with Crippen molar-refractivity contribution in [2.45, 2.75) is 26.3 Å². The molecule has 0 radical (unpaired) electrons. The number of aromatic nitrogens is 3. The van der Waals surface area contributed by atoms with Gasteiger partial charge in [0.05, 0.1) is 0 Å². The number of nitrogens with zero attached hydrogens (tertiary/aromatic N) is 2. The monoisotopic (exact) mass is 254 g/mol. The summed E-state index contributed by atoms with van der Waals surface area (Å²) in [4.78, 5) is 26.5. The van der Waals surface area contributed by atoms with Gasteiger partial charge in [0.1, 0.15) is 18.2 Å². The van der Waals surface area contributed by atoms with Crippen molar-refractivity contribution in [1.29, 1.82) is 0 Å². The standard InChI is InChI=1S/C10H18N6O2/c1-6(2)8(15-10(11)18)9(17)12-4-3-7-13-5-14-16-7/h5-6,8H,3-4H2,1-2H3,(H,12,17)(H3,11,15,18)(H,13,14,16). The van der Waals surface area contributed by atoms with Gasteiger partial charge in [0.25, 0.3) is 0 Å². The molecular weight excluding hydrogens is 236 g/mol. The fraction of sp³-hybridized carbons (Fsp3) is 0.600. The first-order chi connectivity index (χ1) is 8.50. The van der Waals surface area contributed by atoms with E-state index in [9.17, 15) is 9.59 Å². The average Bonchev–Trinajstić information content (AvgIpc) is 2.78. The third-order valence-electron chi connectivity index (χ3n) is 2.37. The Kier molecular flexibility index (Phi) is 5.09. The molecule has 0 saturated carbocycles. The maximum atomic E-state index is 11.8. The van der Waals surface area contributed by atoms with Crippen LogP contribution in [-0.2, 0) is 11.2 Å². The zero-order valence-electron chi connectivity index (χ0n) is 10.4. The Morgan fingerprint density at radius 2 is 2.22 bits per heavy atom. The number of amides is 3. The zero-order chi connectivity index (χ0) is 13.5. The van der Waals surface area contributed by atoms with E-state index in [-0.39, 0.29) is 11.8 Å². The maximum Gasteiger partial charge on any atom is 0.312 e. The number of carbonyl (C=O) groups is 2. The summed E-state index contributed by atoms with van der Waals surface area (Å²) in [6.45, 7) is 4.07. The van der Waals surface area contributed by atoms with Gasteiger partial charge in [0.2, 0.25) is 5.91 Å². The highest BCUT2D eigenvalue weighted by molar-refractivity contribution is 5.86. The van der Waals surface area contributed by atoms with E-state index in [1.54, 1.807) is 0 Å². The van der Waals surface area contributed by atoms with Gasteiger partial charge in [0, 0.05) is 13.0 Å². The van der Waals surface area contributed by atoms with Crippen LogP contribution in [0.2, 0.25) is 0 Å². The first-order valence-corrected chi connectivity index (χ1v) is 5.68. The number of nitrogens with two attached hydrogens (primary N) is 1. The molecule has 5 N–H and O–H groups in total. The van der Waals surface area contributed by atoms with Crippen LogP contribution in [0.5, 0.6) is 0 Å². The number of aromatic amines is 1. The van der Waals surface area contributed by atoms with Crippen molar-refractivity contribution < 1.29 is 9.59 Å². The number of carbonyl (C=O) groups excluding carboxylic acids is 2. The van der Waals surface area contributed by atoms with Gasteiger partial charge in [-0.2, -0.15) is 5.10 Å². The molecule has 1 heterocycles. The molecule has 3 amide bonds. The summed E-state index contributed by atoms with van der Waals surface area (Å²) in [6, 6.07) is -1.34. The number of hydrogen-bond donors (Lipinski definition) is 4. The van der Waals surface area contributed by atoms with E-state index in [0.29, 0.717) is 18.8 Å². The smallest absolute Gasteiger partial charge is 0.312 e. The van der Waals surface area contributed by atoms with Crippen molar-refractivity contribution in [2.75, 3.05) is 6.54 Å². The fourth-order valence-corrected chi connectivity index (χ4v) is 1.45. The van der Waals surface area contributed by atoms with E-state index in [0.717, 1.165) is 0 Å². The summed E-state index contributed by atoms with van der Waals surface area (Å²) in [5, 5.41) is 11.5. The van der Waals surface area contributed by atoms with Crippen LogP contribution in [0.25, 0.3) is 0 Å². The third-order valence-corrected chi connectivity index (χ3v) is 2.37. The normalized spacial score (nSPS) is 12.2. The summed E-state index contributed by atoms with van der Waals surface area (Å²) >= 11 is 0. The number of nitrogens with one attached hydrogen (secondary N) is 3. The molecule has 0 aliphatic rings. The van der Waals surface area contributed by atoms with Gasteiger partial charge >= 0.3 is 6.03 Å². The van der Waals surface area contributed by atoms with Crippen LogP contribution >= 0.6 is 0 Å². The zero-order valence-corrected chi connectivity index (χ0v) is 10.4. The van der Waals surface area contributed by atoms with Crippen molar-refractivity contribution >= 4 is 11.9 Å². The van der Waals surface area contributed by atoms with E-state index >= 15 is 0 Å². The van der Waals surface area contributed by atoms with Crippen molar-refractivity contribution in [2.24, 2.45) is 11.7 Å². The lowest BCUT2D eigenvalue weighted by atomic mass is 10.0. The topological polar surface area (TPSA) is 126 Å². The summed E-state index contributed by atoms with van der Waals surface area (Å²) in [7, 11) is 0. The van der Waals surface area contributed by atoms with Gasteiger partial charge in [-0.05, 0) is 5.92 Å². The number of rotatable bonds is 6. The molecule has 18 heavy (non-hydrogen) atoms. The molecule has 0 aliphatic heterocycles. The SMILES string of the molecule is CC(C)C(NC(N)=O)C(=O)NCCc1ncn[nH]1. The molecule has 0 bridgehead atoms. The third kappa shape index (κ3) is 4.40. The van der Waals surface area contributed by atoms with Crippen LogP contribution in [0.1, 0.15) is 19.7 Å². The summed E-state index contributed by atoms with van der Waals surface area (Å²) in [6.07, 6.45) is 1.95. The Labute approximate surface area is 105 Å². The van der Waals surface area contributed by atoms with E-state index in [2.05, 4.69) is 25.8 Å². The van der Waals surface area contributed by atoms with E-state index in [4.69, 9.17) is 5.73 Å². The molecule has 8 heteroatoms. The molecule has 0 saturated heterocycles. The largest absolute Gasteiger partial charge is 0.354 e. The van der Waals surface area contributed by atoms with Crippen LogP contribution < -0.4 is 16.4 Å². The van der Waals surface area contributed by atoms with Crippen molar-refractivity contribution in [1.82, 2.24) is 25.8 Å². The lowest BCUT2D eigenvalue weighted by molar-refractivity contribution is -0.123. The summed E-state index contributed by atoms with van der Waals surface area (Å²) in [5.74, 6) is 0.394. The molecule has 1 aromatic heterocycles. The van der Waals surface area contributed by atoms with E-state index in [1.807, 2.05) is 13.8 Å². The second-order valence-electron chi connectivity index (χ2n) is 4.20. The highest BCUT2D eigenvalue weighted by atomic mass is 16.2. The second-order valence-corrected chi connectivity index (χ2v) is 4.20. The fourth-order valence-electron chi connectivity index (χ4n) is 1.45. The second kappa shape index (κ2) is 6.58. The summed E-state index contributed by atoms with van der Waals surface area (Å²) in [5.41, 5.74) is 5.02. The number of hydrogen-bond acceptors (Lipinski definition) is 4. The lowest BCUT2D eigenvalue weighted by Crippen LogP contribution is -2.51. The quantitative estimate of drug-likeness (QED) is 0.527. The molecule has 0 fully saturated rings. The minimum atomic E-state index is -0.709. The lowest BCUT2D eigenvalue weighted by Gasteiger charge is -2.20. The highest BCUT2D eigenvalue weighted by Crippen LogP contribution is 2.01. The molecule has 100 valence electrons. The minimum absolute atomic E-state index is 0.0391. The molecule has 1 aromatic rings. The minimum Gasteiger partial charge on any atom is -0.354 e. The predicted molar refractivity (Wildman–Crippen MR) is 64.4 cm³/mol. The van der Waals surface area contributed by atoms with Crippen LogP contribution in [0.15, 0.2) is 6.33 Å². The van der Waals surface area contributed by atoms with E-state index in [1.165, 1.54) is 6.33 Å². The molecular formula is C10H18N6O2. The summed E-state index contributed by atoms with van der Waals surface area (Å²) < 4.78 is 0. The van der Waals surface area contributed by atoms with E-state index < -0.39 is 12.1 Å². The van der Waals surface area contributed by atoms with Crippen LogP contribution in [-0.4, -0.2) is 39.7 Å². The molecule has 1 rings (SSSR count). The Morgan fingerprint density at radius 3 is 2.72 bits per heavy atom. The van der Waals surface area contributed by atoms with Crippen molar-refractivity contribution in [3.63, 3.8) is 0 Å². The Morgan fingerprint density at radius 1 is 1.50 bits per heavy atom. The van der Waals surface area contributed by atoms with Crippen LogP contribution in [0, 0.1) is 5.92 Å². The average molecular weight is 254 g/mol. The number of primary amides is 1. The first kappa shape index (κ1) is 13.9. The highest BCUT2D eigenvalue weighted by Gasteiger charge is 2.22. The van der Waals surface area contributed by atoms with Gasteiger partial charge in [-0.1, -0.05) is 13.8 Å².